The smallest absolute Gasteiger partial charge is 0.120 e. The Hall–Kier alpha value is -6.39. The van der Waals surface area contributed by atoms with Crippen LogP contribution in [0.1, 0.15) is 79.7 Å². The van der Waals surface area contributed by atoms with E-state index >= 15 is 0 Å². The Balaban J connectivity index is 0.000000271. The van der Waals surface area contributed by atoms with Crippen molar-refractivity contribution in [2.24, 2.45) is 0 Å². The maximum absolute atomic E-state index is 8.60. The van der Waals surface area contributed by atoms with Crippen LogP contribution in [-0.2, 0) is 20.1 Å². The number of aryl methyl sites for hydroxylation is 3. The fourth-order valence-electron chi connectivity index (χ4n) is 7.98. The van der Waals surface area contributed by atoms with E-state index in [0.717, 1.165) is 44.3 Å². The molecule has 3 heterocycles. The number of aromatic nitrogens is 3. The number of hydrogen-bond acceptors (Lipinski definition) is 3. The molecule has 0 saturated heterocycles. The Labute approximate surface area is 391 Å². The summed E-state index contributed by atoms with van der Waals surface area (Å²) >= 11 is 0. The molecule has 0 N–H and O–H groups in total. The van der Waals surface area contributed by atoms with Crippen molar-refractivity contribution in [2.75, 3.05) is 0 Å². The van der Waals surface area contributed by atoms with Crippen molar-refractivity contribution in [1.82, 2.24) is 14.5 Å². The number of imidazole rings is 1. The topological polar surface area (TPSA) is 43.9 Å². The first-order valence-electron chi connectivity index (χ1n) is 25.0. The summed E-state index contributed by atoms with van der Waals surface area (Å²) in [6.45, 7) is 2.08. The summed E-state index contributed by atoms with van der Waals surface area (Å²) in [4.78, 5) is 9.27. The van der Waals surface area contributed by atoms with Crippen LogP contribution in [0, 0.1) is 32.7 Å². The minimum absolute atomic E-state index is 0. The van der Waals surface area contributed by atoms with Crippen molar-refractivity contribution in [3.8, 4) is 50.6 Å². The van der Waals surface area contributed by atoms with Crippen LogP contribution in [-0.4, -0.2) is 14.5 Å². The van der Waals surface area contributed by atoms with Gasteiger partial charge in [-0.3, -0.25) is 4.98 Å². The van der Waals surface area contributed by atoms with Crippen molar-refractivity contribution in [1.29, 1.82) is 0 Å². The zero-order chi connectivity index (χ0) is 49.7. The van der Waals surface area contributed by atoms with E-state index in [9.17, 15) is 0 Å². The number of para-hydroxylation sites is 2. The van der Waals surface area contributed by atoms with Gasteiger partial charge in [0, 0.05) is 49.7 Å². The molecule has 10 rings (SSSR count). The van der Waals surface area contributed by atoms with Crippen LogP contribution in [0.15, 0.2) is 162 Å². The second-order valence-corrected chi connectivity index (χ2v) is 15.8. The number of benzene rings is 7. The Morgan fingerprint density at radius 1 is 0.629 bits per heavy atom. The minimum Gasteiger partial charge on any atom is -0.501 e. The maximum Gasteiger partial charge on any atom is 0.120 e. The van der Waals surface area contributed by atoms with Crippen LogP contribution < -0.4 is 0 Å². The summed E-state index contributed by atoms with van der Waals surface area (Å²) in [5.74, 6) is 0.828. The van der Waals surface area contributed by atoms with Gasteiger partial charge in [0.1, 0.15) is 5.58 Å². The number of rotatable bonds is 7. The Morgan fingerprint density at radius 3 is 1.98 bits per heavy atom. The molecule has 0 bridgehead atoms. The number of pyridine rings is 1. The zero-order valence-corrected chi connectivity index (χ0v) is 37.1. The first kappa shape index (κ1) is 32.3. The first-order chi connectivity index (χ1) is 33.3. The third-order valence-electron chi connectivity index (χ3n) is 11.1. The summed E-state index contributed by atoms with van der Waals surface area (Å²) in [5.41, 5.74) is 12.9. The van der Waals surface area contributed by atoms with Crippen LogP contribution in [0.2, 0.25) is 0 Å². The minimum atomic E-state index is -2.36. The molecule has 7 aromatic carbocycles. The van der Waals surface area contributed by atoms with Gasteiger partial charge in [0.05, 0.1) is 22.4 Å². The number of nitrogens with zero attached hydrogens (tertiary/aromatic N) is 3. The molecule has 3 aromatic heterocycles. The predicted molar refractivity (Wildman–Crippen MR) is 254 cm³/mol. The summed E-state index contributed by atoms with van der Waals surface area (Å²) in [6.07, 6.45) is 1.30. The van der Waals surface area contributed by atoms with E-state index < -0.39 is 20.6 Å². The normalized spacial score (nSPS) is 14.1. The van der Waals surface area contributed by atoms with E-state index in [2.05, 4.69) is 116 Å². The van der Waals surface area contributed by atoms with Crippen LogP contribution in [0.3, 0.4) is 0 Å². The van der Waals surface area contributed by atoms with Crippen LogP contribution in [0.4, 0.5) is 0 Å². The second kappa shape index (κ2) is 17.9. The molecule has 0 spiro atoms. The van der Waals surface area contributed by atoms with E-state index in [1.54, 1.807) is 24.3 Å². The quantitative estimate of drug-likeness (QED) is 0.149. The molecule has 0 unspecified atom stereocenters. The molecule has 10 aromatic rings. The van der Waals surface area contributed by atoms with Crippen LogP contribution >= 0.6 is 0 Å². The van der Waals surface area contributed by atoms with E-state index in [0.29, 0.717) is 39.3 Å². The number of furan rings is 1. The third-order valence-corrected chi connectivity index (χ3v) is 11.1. The van der Waals surface area contributed by atoms with Gasteiger partial charge in [-0.25, -0.2) is 0 Å². The molecular formula is C57H49IrN3O-2. The molecule has 0 aliphatic carbocycles. The van der Waals surface area contributed by atoms with Gasteiger partial charge < -0.3 is 14.0 Å². The molecule has 0 amide bonds. The number of fused-ring (bicyclic) bond motifs is 4. The summed E-state index contributed by atoms with van der Waals surface area (Å²) in [6, 6.07) is 54.9. The fourth-order valence-corrected chi connectivity index (χ4v) is 7.98. The molecule has 0 atom stereocenters. The molecule has 0 aliphatic rings. The third kappa shape index (κ3) is 8.19. The molecule has 0 fully saturated rings. The van der Waals surface area contributed by atoms with Gasteiger partial charge in [-0.2, -0.15) is 0 Å². The summed E-state index contributed by atoms with van der Waals surface area (Å²) < 4.78 is 78.0. The van der Waals surface area contributed by atoms with Crippen molar-refractivity contribution in [2.45, 2.75) is 60.1 Å². The van der Waals surface area contributed by atoms with Crippen LogP contribution in [0.5, 0.6) is 0 Å². The summed E-state index contributed by atoms with van der Waals surface area (Å²) in [7, 11) is 0. The van der Waals surface area contributed by atoms with Crippen molar-refractivity contribution in [3.63, 3.8) is 0 Å². The average Bonchev–Trinajstić information content (AvgIpc) is 3.92. The molecule has 0 saturated carbocycles. The molecule has 1 radical (unpaired) electrons. The predicted octanol–water partition coefficient (Wildman–Crippen LogP) is 15.4. The molecule has 309 valence electrons. The van der Waals surface area contributed by atoms with Gasteiger partial charge in [-0.1, -0.05) is 143 Å². The van der Waals surface area contributed by atoms with Gasteiger partial charge in [0.15, 0.2) is 0 Å². The Bertz CT molecular complexity index is 3400. The number of hydrogen-bond donors (Lipinski definition) is 0. The van der Waals surface area contributed by atoms with Crippen molar-refractivity contribution < 1.29 is 36.9 Å². The van der Waals surface area contributed by atoms with E-state index in [4.69, 9.17) is 21.7 Å². The first-order valence-corrected chi connectivity index (χ1v) is 20.5. The standard InChI is InChI=1S/C44H37N2O.C13H12N.Ir/c1-27(2)37-25-33(32-23-21-31(22-24-32)30-14-7-6-8-15-30)26-38(28(3)4)42(37)46-41-29(5)13-11-19-39(41)45-44(46)36-18-12-17-35-34-16-9-10-20-40(34)47-43(35)36;1-10-3-6-12(7-4-10)13-8-5-11(2)9-14-13;/h6-17,19-28H,1-5H3;3-6,8-9H,1-2H3;/q2*-1;/i5D3;1D3,2D3;. The van der Waals surface area contributed by atoms with Crippen LogP contribution in [0.25, 0.3) is 83.6 Å². The zero-order valence-electron chi connectivity index (χ0n) is 43.7. The van der Waals surface area contributed by atoms with E-state index in [1.165, 1.54) is 35.5 Å². The Kier molecular flexibility index (Phi) is 9.34. The Morgan fingerprint density at radius 2 is 1.32 bits per heavy atom. The van der Waals surface area contributed by atoms with Gasteiger partial charge in [0.2, 0.25) is 0 Å². The second-order valence-electron chi connectivity index (χ2n) is 15.8. The SMILES string of the molecule is [2H]C([2H])([2H])c1c[c-]c(-c2ccc(C([2H])([2H])[2H])cn2)cc1.[2H]C([2H])([2H])c1cccc2nc(-c3[c-]ccc4c3oc3ccccc34)n(-c3c(C(C)C)cc(-c4ccc(-c5ccccc5)cc4)cc3C(C)C)c12.[Ir]. The summed E-state index contributed by atoms with van der Waals surface area (Å²) in [5, 5.41) is 1.98. The van der Waals surface area contributed by atoms with Gasteiger partial charge in [0.25, 0.3) is 0 Å². The fraction of sp³-hybridized carbons (Fsp3) is 0.158. The largest absolute Gasteiger partial charge is 0.501 e. The molecule has 0 aliphatic heterocycles. The molecule has 4 nitrogen and oxygen atoms in total. The monoisotopic (exact) mass is 993 g/mol. The van der Waals surface area contributed by atoms with Crippen molar-refractivity contribution >= 4 is 33.0 Å². The van der Waals surface area contributed by atoms with E-state index in [1.807, 2.05) is 42.5 Å². The van der Waals surface area contributed by atoms with Crippen molar-refractivity contribution in [3.05, 3.63) is 198 Å². The maximum atomic E-state index is 8.60. The average molecular weight is 993 g/mol. The molecule has 5 heteroatoms. The molecule has 62 heavy (non-hydrogen) atoms. The molecular weight excluding hydrogens is 935 g/mol. The van der Waals surface area contributed by atoms with Gasteiger partial charge in [-0.05, 0) is 100 Å². The van der Waals surface area contributed by atoms with Gasteiger partial charge in [-0.15, -0.1) is 53.6 Å². The van der Waals surface area contributed by atoms with Gasteiger partial charge >= 0.3 is 0 Å². The van der Waals surface area contributed by atoms with E-state index in [-0.39, 0.29) is 48.6 Å².